The molecule has 2 atom stereocenters. The molecule has 0 aliphatic carbocycles. The van der Waals surface area contributed by atoms with Crippen molar-refractivity contribution in [1.29, 1.82) is 0 Å². The van der Waals surface area contributed by atoms with Gasteiger partial charge in [0.1, 0.15) is 17.2 Å². The molecule has 3 aromatic heterocycles. The highest BCUT2D eigenvalue weighted by molar-refractivity contribution is 5.90. The number of nitrogens with one attached hydrogen (secondary N) is 1. The molecule has 1 aliphatic rings. The maximum Gasteiger partial charge on any atom is 0.256 e. The molecule has 4 heterocycles. The molecule has 0 unspecified atom stereocenters. The SMILES string of the molecule is COCCN1CC[C@H](Nc2nc(OC)c3c(-c4cc(F)c5ncn(CC(F)F)c5c4)c(F)cn3n2)[C@@H](F)C1. The van der Waals surface area contributed by atoms with E-state index < -0.39 is 36.8 Å². The molecule has 1 aromatic carbocycles. The summed E-state index contributed by atoms with van der Waals surface area (Å²) in [6, 6.07) is 1.88. The number of benzene rings is 1. The van der Waals surface area contributed by atoms with E-state index in [2.05, 4.69) is 20.4 Å². The van der Waals surface area contributed by atoms with Crippen LogP contribution in [0.25, 0.3) is 27.7 Å². The number of ether oxygens (including phenoxy) is 2. The Balaban J connectivity index is 1.49. The van der Waals surface area contributed by atoms with Crippen molar-refractivity contribution in [3.63, 3.8) is 0 Å². The Morgan fingerprint density at radius 1 is 1.18 bits per heavy atom. The molecule has 1 aliphatic heterocycles. The number of hydrogen-bond donors (Lipinski definition) is 1. The van der Waals surface area contributed by atoms with Gasteiger partial charge in [-0.1, -0.05) is 0 Å². The number of alkyl halides is 3. The highest BCUT2D eigenvalue weighted by Crippen LogP contribution is 2.36. The summed E-state index contributed by atoms with van der Waals surface area (Å²) in [5.74, 6) is -1.56. The van der Waals surface area contributed by atoms with Crippen LogP contribution in [0.5, 0.6) is 5.88 Å². The second-order valence-corrected chi connectivity index (χ2v) is 9.05. The van der Waals surface area contributed by atoms with Crippen LogP contribution in [-0.4, -0.2) is 88.1 Å². The minimum atomic E-state index is -2.69. The Morgan fingerprint density at radius 3 is 2.71 bits per heavy atom. The molecule has 38 heavy (non-hydrogen) atoms. The zero-order valence-corrected chi connectivity index (χ0v) is 20.7. The zero-order valence-electron chi connectivity index (χ0n) is 20.7. The highest BCUT2D eigenvalue weighted by atomic mass is 19.3. The third-order valence-corrected chi connectivity index (χ3v) is 6.60. The van der Waals surface area contributed by atoms with E-state index in [-0.39, 0.29) is 46.1 Å². The van der Waals surface area contributed by atoms with Crippen molar-refractivity contribution >= 4 is 22.5 Å². The van der Waals surface area contributed by atoms with Crippen LogP contribution in [0.3, 0.4) is 0 Å². The molecule has 0 saturated carbocycles. The highest BCUT2D eigenvalue weighted by Gasteiger charge is 2.30. The number of piperidine rings is 1. The van der Waals surface area contributed by atoms with E-state index in [1.807, 2.05) is 4.90 Å². The van der Waals surface area contributed by atoms with Crippen LogP contribution in [0.4, 0.5) is 27.9 Å². The van der Waals surface area contributed by atoms with Crippen molar-refractivity contribution in [3.8, 4) is 17.0 Å². The fourth-order valence-corrected chi connectivity index (χ4v) is 4.78. The van der Waals surface area contributed by atoms with Gasteiger partial charge < -0.3 is 19.4 Å². The van der Waals surface area contributed by atoms with Crippen LogP contribution < -0.4 is 10.1 Å². The van der Waals surface area contributed by atoms with Crippen molar-refractivity contribution in [3.05, 3.63) is 36.3 Å². The van der Waals surface area contributed by atoms with Crippen molar-refractivity contribution in [2.75, 3.05) is 45.8 Å². The molecule has 14 heteroatoms. The predicted molar refractivity (Wildman–Crippen MR) is 129 cm³/mol. The number of likely N-dealkylation sites (tertiary alicyclic amines) is 1. The van der Waals surface area contributed by atoms with E-state index in [0.717, 1.165) is 23.2 Å². The Kier molecular flexibility index (Phi) is 7.34. The number of nitrogens with zero attached hydrogens (tertiary/aromatic N) is 6. The molecular weight excluding hydrogens is 513 g/mol. The topological polar surface area (TPSA) is 81.7 Å². The van der Waals surface area contributed by atoms with E-state index in [1.54, 1.807) is 7.11 Å². The van der Waals surface area contributed by atoms with Gasteiger partial charge in [0.2, 0.25) is 11.8 Å². The largest absolute Gasteiger partial charge is 0.479 e. The summed E-state index contributed by atoms with van der Waals surface area (Å²) in [7, 11) is 2.92. The number of hydrogen-bond acceptors (Lipinski definition) is 7. The van der Waals surface area contributed by atoms with Gasteiger partial charge >= 0.3 is 0 Å². The normalized spacial score (nSPS) is 18.6. The van der Waals surface area contributed by atoms with E-state index in [9.17, 15) is 17.6 Å². The van der Waals surface area contributed by atoms with E-state index in [0.29, 0.717) is 26.1 Å². The predicted octanol–water partition coefficient (Wildman–Crippen LogP) is 3.77. The monoisotopic (exact) mass is 539 g/mol. The summed E-state index contributed by atoms with van der Waals surface area (Å²) in [6.45, 7) is 1.31. The molecule has 0 radical (unpaired) electrons. The van der Waals surface area contributed by atoms with Gasteiger partial charge in [-0.05, 0) is 24.1 Å². The molecule has 1 N–H and O–H groups in total. The van der Waals surface area contributed by atoms with Crippen LogP contribution in [0.2, 0.25) is 0 Å². The third kappa shape index (κ3) is 4.97. The van der Waals surface area contributed by atoms with Crippen LogP contribution in [0.15, 0.2) is 24.7 Å². The number of methoxy groups -OCH3 is 2. The second kappa shape index (κ2) is 10.7. The number of rotatable bonds is 9. The molecule has 1 fully saturated rings. The first-order valence-corrected chi connectivity index (χ1v) is 12.0. The number of imidazole rings is 1. The molecule has 1 saturated heterocycles. The average Bonchev–Trinajstić information content (AvgIpc) is 3.43. The van der Waals surface area contributed by atoms with E-state index >= 15 is 4.39 Å². The molecular formula is C24H26F5N7O2. The lowest BCUT2D eigenvalue weighted by molar-refractivity contribution is 0.0918. The number of fused-ring (bicyclic) bond motifs is 2. The average molecular weight is 540 g/mol. The van der Waals surface area contributed by atoms with Gasteiger partial charge in [-0.3, -0.25) is 4.90 Å². The lowest BCUT2D eigenvalue weighted by atomic mass is 10.0. The Labute approximate surface area is 214 Å². The Bertz CT molecular complexity index is 1440. The van der Waals surface area contributed by atoms with Gasteiger partial charge in [-0.15, -0.1) is 5.10 Å². The summed E-state index contributed by atoms with van der Waals surface area (Å²) < 4.78 is 83.7. The molecule has 9 nitrogen and oxygen atoms in total. The smallest absolute Gasteiger partial charge is 0.256 e. The van der Waals surface area contributed by atoms with Crippen molar-refractivity contribution in [2.24, 2.45) is 0 Å². The van der Waals surface area contributed by atoms with Crippen LogP contribution in [0, 0.1) is 11.6 Å². The van der Waals surface area contributed by atoms with Gasteiger partial charge in [0.25, 0.3) is 6.43 Å². The molecule has 5 rings (SSSR count). The molecule has 204 valence electrons. The quantitative estimate of drug-likeness (QED) is 0.325. The third-order valence-electron chi connectivity index (χ3n) is 6.60. The van der Waals surface area contributed by atoms with Gasteiger partial charge in [-0.2, -0.15) is 4.98 Å². The fourth-order valence-electron chi connectivity index (χ4n) is 4.78. The van der Waals surface area contributed by atoms with Crippen LogP contribution in [0.1, 0.15) is 6.42 Å². The lowest BCUT2D eigenvalue weighted by Crippen LogP contribution is -2.48. The maximum atomic E-state index is 15.3. The van der Waals surface area contributed by atoms with Gasteiger partial charge in [-0.25, -0.2) is 31.5 Å². The maximum absolute atomic E-state index is 15.3. The lowest BCUT2D eigenvalue weighted by Gasteiger charge is -2.34. The molecule has 4 aromatic rings. The standard InChI is InChI=1S/C24H26F5N7O2/c1-37-6-5-34-4-3-17(15(26)9-34)31-24-32-23(38-2)22-20(16(27)10-36(22)33-24)13-7-14(25)21-18(8-13)35(12-30-21)11-19(28)29/h7-8,10,12,15,17,19H,3-6,9,11H2,1-2H3,(H,31,33)/t15-,17-/m0/s1. The summed E-state index contributed by atoms with van der Waals surface area (Å²) >= 11 is 0. The number of anilines is 1. The first kappa shape index (κ1) is 26.1. The van der Waals surface area contributed by atoms with Crippen LogP contribution in [-0.2, 0) is 11.3 Å². The van der Waals surface area contributed by atoms with E-state index in [1.165, 1.54) is 17.7 Å². The van der Waals surface area contributed by atoms with Crippen LogP contribution >= 0.6 is 0 Å². The first-order valence-electron chi connectivity index (χ1n) is 12.0. The summed E-state index contributed by atoms with van der Waals surface area (Å²) in [5, 5.41) is 7.26. The number of aromatic nitrogens is 5. The van der Waals surface area contributed by atoms with Gasteiger partial charge in [0.05, 0.1) is 49.9 Å². The number of halogens is 5. The van der Waals surface area contributed by atoms with Crippen molar-refractivity contribution < 1.29 is 31.4 Å². The minimum Gasteiger partial charge on any atom is -0.479 e. The zero-order chi connectivity index (χ0) is 27.0. The summed E-state index contributed by atoms with van der Waals surface area (Å²) in [6.07, 6.45) is -1.22. The fraction of sp³-hybridized carbons (Fsp3) is 0.458. The molecule has 0 bridgehead atoms. The molecule has 0 amide bonds. The van der Waals surface area contributed by atoms with Gasteiger partial charge in [0, 0.05) is 26.7 Å². The molecule has 0 spiro atoms. The van der Waals surface area contributed by atoms with Gasteiger partial charge in [0.15, 0.2) is 11.6 Å². The first-order chi connectivity index (χ1) is 18.3. The summed E-state index contributed by atoms with van der Waals surface area (Å²) in [5.41, 5.74) is 0.0697. The van der Waals surface area contributed by atoms with Crippen molar-refractivity contribution in [1.82, 2.24) is 29.0 Å². The minimum absolute atomic E-state index is 0.0315. The Morgan fingerprint density at radius 2 is 2.00 bits per heavy atom. The second-order valence-electron chi connectivity index (χ2n) is 9.05. The van der Waals surface area contributed by atoms with Crippen molar-refractivity contribution in [2.45, 2.75) is 31.6 Å². The summed E-state index contributed by atoms with van der Waals surface area (Å²) in [4.78, 5) is 10.1. The van der Waals surface area contributed by atoms with E-state index in [4.69, 9.17) is 9.47 Å². The Hall–Kier alpha value is -3.52.